The molecule has 1 amide bonds. The summed E-state index contributed by atoms with van der Waals surface area (Å²) in [5, 5.41) is 3.17. The lowest BCUT2D eigenvalue weighted by atomic mass is 10.2. The lowest BCUT2D eigenvalue weighted by molar-refractivity contribution is -0.137. The van der Waals surface area contributed by atoms with Gasteiger partial charge >= 0.3 is 6.18 Å². The van der Waals surface area contributed by atoms with Gasteiger partial charge in [-0.3, -0.25) is 4.79 Å². The van der Waals surface area contributed by atoms with Crippen LogP contribution in [0.25, 0.3) is 10.9 Å². The van der Waals surface area contributed by atoms with Crippen LogP contribution in [0.2, 0.25) is 0 Å². The van der Waals surface area contributed by atoms with Crippen molar-refractivity contribution in [3.8, 4) is 0 Å². The Bertz CT molecular complexity index is 1340. The minimum atomic E-state index is -4.47. The van der Waals surface area contributed by atoms with Gasteiger partial charge in [-0.2, -0.15) is 13.2 Å². The second-order valence-electron chi connectivity index (χ2n) is 6.49. The molecule has 0 aliphatic carbocycles. The molecule has 0 fully saturated rings. The van der Waals surface area contributed by atoms with Gasteiger partial charge in [-0.25, -0.2) is 12.4 Å². The minimum absolute atomic E-state index is 0.0428. The summed E-state index contributed by atoms with van der Waals surface area (Å²) in [6.07, 6.45) is -0.397. The molecule has 0 spiro atoms. The molecule has 2 aromatic carbocycles. The van der Waals surface area contributed by atoms with Crippen LogP contribution in [0.5, 0.6) is 0 Å². The van der Waals surface area contributed by atoms with Crippen molar-refractivity contribution in [3.63, 3.8) is 0 Å². The Hall–Kier alpha value is -3.53. The van der Waals surface area contributed by atoms with E-state index in [4.69, 9.17) is 0 Å². The number of benzene rings is 2. The first kappa shape index (κ1) is 19.8. The van der Waals surface area contributed by atoms with Gasteiger partial charge in [0.05, 0.1) is 16.0 Å². The molecule has 0 bridgehead atoms. The van der Waals surface area contributed by atoms with Gasteiger partial charge in [0, 0.05) is 35.2 Å². The largest absolute Gasteiger partial charge is 0.416 e. The van der Waals surface area contributed by atoms with E-state index >= 15 is 0 Å². The maximum Gasteiger partial charge on any atom is 0.416 e. The second kappa shape index (κ2) is 7.06. The van der Waals surface area contributed by atoms with Crippen LogP contribution in [-0.4, -0.2) is 23.3 Å². The van der Waals surface area contributed by atoms with Crippen LogP contribution in [-0.2, 0) is 16.2 Å². The average molecular weight is 433 g/mol. The Kier molecular flexibility index (Phi) is 4.65. The van der Waals surface area contributed by atoms with Gasteiger partial charge in [-0.15, -0.1) is 0 Å². The molecule has 0 saturated carbocycles. The monoisotopic (exact) mass is 433 g/mol. The Morgan fingerprint density at radius 2 is 1.73 bits per heavy atom. The molecule has 0 aliphatic heterocycles. The fraction of sp³-hybridized carbons (Fsp3) is 0.0500. The highest BCUT2D eigenvalue weighted by atomic mass is 32.2. The normalized spacial score (nSPS) is 12.2. The molecule has 4 rings (SSSR count). The van der Waals surface area contributed by atoms with Crippen molar-refractivity contribution in [1.29, 1.82) is 0 Å². The number of amides is 1. The minimum Gasteiger partial charge on any atom is -0.361 e. The number of H-pyrrole nitrogens is 1. The lowest BCUT2D eigenvalue weighted by Gasteiger charge is -2.08. The molecular formula is C20H14F3N3O3S. The fourth-order valence-corrected chi connectivity index (χ4v) is 4.15. The number of aromatic amines is 1. The van der Waals surface area contributed by atoms with Crippen molar-refractivity contribution < 1.29 is 26.4 Å². The Labute approximate surface area is 169 Å². The van der Waals surface area contributed by atoms with Crippen molar-refractivity contribution in [2.24, 2.45) is 0 Å². The summed E-state index contributed by atoms with van der Waals surface area (Å²) < 4.78 is 64.5. The van der Waals surface area contributed by atoms with E-state index in [2.05, 4.69) is 10.3 Å². The zero-order valence-corrected chi connectivity index (χ0v) is 16.0. The SMILES string of the molecule is O=C(Nc1ccc(C(F)(F)F)cc1)c1ccn(S(=O)(=O)c2ccc3[nH]ccc3c2)c1. The molecule has 0 atom stereocenters. The number of rotatable bonds is 4. The molecule has 2 aromatic heterocycles. The molecule has 2 heterocycles. The molecule has 6 nitrogen and oxygen atoms in total. The summed E-state index contributed by atoms with van der Waals surface area (Å²) in [6, 6.07) is 11.6. The van der Waals surface area contributed by atoms with Gasteiger partial charge in [-0.1, -0.05) is 0 Å². The standard InChI is InChI=1S/C20H14F3N3O3S/c21-20(22,23)15-1-3-16(4-2-15)25-19(27)14-8-10-26(12-14)30(28,29)17-5-6-18-13(11-17)7-9-24-18/h1-12,24H,(H,25,27). The van der Waals surface area contributed by atoms with Crippen molar-refractivity contribution in [2.45, 2.75) is 11.1 Å². The van der Waals surface area contributed by atoms with E-state index < -0.39 is 27.7 Å². The predicted molar refractivity (Wildman–Crippen MR) is 105 cm³/mol. The first-order valence-corrected chi connectivity index (χ1v) is 10.1. The van der Waals surface area contributed by atoms with E-state index in [0.29, 0.717) is 0 Å². The summed E-state index contributed by atoms with van der Waals surface area (Å²) in [6.45, 7) is 0. The topological polar surface area (TPSA) is 84.0 Å². The number of carbonyl (C=O) groups is 1. The summed E-state index contributed by atoms with van der Waals surface area (Å²) in [4.78, 5) is 15.4. The molecule has 4 aromatic rings. The first-order chi connectivity index (χ1) is 14.1. The number of hydrogen-bond acceptors (Lipinski definition) is 3. The third-order valence-corrected chi connectivity index (χ3v) is 6.13. The lowest BCUT2D eigenvalue weighted by Crippen LogP contribution is -2.13. The van der Waals surface area contributed by atoms with E-state index in [-0.39, 0.29) is 16.1 Å². The molecular weight excluding hydrogens is 419 g/mol. The highest BCUT2D eigenvalue weighted by Gasteiger charge is 2.30. The van der Waals surface area contributed by atoms with Gasteiger partial charge in [0.25, 0.3) is 15.9 Å². The molecule has 30 heavy (non-hydrogen) atoms. The average Bonchev–Trinajstić information content (AvgIpc) is 3.37. The van der Waals surface area contributed by atoms with E-state index in [1.807, 2.05) is 0 Å². The maximum absolute atomic E-state index is 12.8. The highest BCUT2D eigenvalue weighted by Crippen LogP contribution is 2.30. The number of nitrogens with zero attached hydrogens (tertiary/aromatic N) is 1. The number of nitrogens with one attached hydrogen (secondary N) is 2. The first-order valence-electron chi connectivity index (χ1n) is 8.64. The Balaban J connectivity index is 1.55. The van der Waals surface area contributed by atoms with Gasteiger partial charge in [-0.05, 0) is 54.6 Å². The predicted octanol–water partition coefficient (Wildman–Crippen LogP) is 4.48. The Morgan fingerprint density at radius 3 is 2.43 bits per heavy atom. The van der Waals surface area contributed by atoms with Crippen molar-refractivity contribution in [2.75, 3.05) is 5.32 Å². The van der Waals surface area contributed by atoms with Gasteiger partial charge in [0.1, 0.15) is 0 Å². The van der Waals surface area contributed by atoms with Crippen LogP contribution in [0.15, 0.2) is 78.1 Å². The van der Waals surface area contributed by atoms with Crippen LogP contribution in [0, 0.1) is 0 Å². The van der Waals surface area contributed by atoms with E-state index in [9.17, 15) is 26.4 Å². The molecule has 2 N–H and O–H groups in total. The molecule has 0 radical (unpaired) electrons. The van der Waals surface area contributed by atoms with E-state index in [1.54, 1.807) is 18.3 Å². The zero-order valence-electron chi connectivity index (χ0n) is 15.1. The maximum atomic E-state index is 12.8. The number of carbonyl (C=O) groups excluding carboxylic acids is 1. The molecule has 10 heteroatoms. The zero-order chi connectivity index (χ0) is 21.5. The Morgan fingerprint density at radius 1 is 1.00 bits per heavy atom. The summed E-state index contributed by atoms with van der Waals surface area (Å²) in [7, 11) is -3.92. The van der Waals surface area contributed by atoms with E-state index in [0.717, 1.165) is 45.3 Å². The van der Waals surface area contributed by atoms with Crippen LogP contribution >= 0.6 is 0 Å². The van der Waals surface area contributed by atoms with Crippen molar-refractivity contribution >= 4 is 32.5 Å². The molecule has 154 valence electrons. The second-order valence-corrected chi connectivity index (χ2v) is 8.33. The van der Waals surface area contributed by atoms with Crippen LogP contribution in [0.3, 0.4) is 0 Å². The van der Waals surface area contributed by atoms with Crippen molar-refractivity contribution in [1.82, 2.24) is 8.96 Å². The number of hydrogen-bond donors (Lipinski definition) is 2. The van der Waals surface area contributed by atoms with E-state index in [1.165, 1.54) is 24.4 Å². The summed E-state index contributed by atoms with van der Waals surface area (Å²) in [5.74, 6) is -0.648. The quantitative estimate of drug-likeness (QED) is 0.498. The van der Waals surface area contributed by atoms with Gasteiger partial charge in [0.15, 0.2) is 0 Å². The smallest absolute Gasteiger partial charge is 0.361 e. The molecule has 0 unspecified atom stereocenters. The molecule has 0 aliphatic rings. The highest BCUT2D eigenvalue weighted by molar-refractivity contribution is 7.90. The number of aromatic nitrogens is 2. The van der Waals surface area contributed by atoms with Crippen molar-refractivity contribution in [3.05, 3.63) is 84.3 Å². The number of halogens is 3. The molecule has 0 saturated heterocycles. The number of alkyl halides is 3. The summed E-state index contributed by atoms with van der Waals surface area (Å²) >= 11 is 0. The number of fused-ring (bicyclic) bond motifs is 1. The van der Waals surface area contributed by atoms with Crippen LogP contribution in [0.1, 0.15) is 15.9 Å². The van der Waals surface area contributed by atoms with Crippen LogP contribution < -0.4 is 5.32 Å². The summed E-state index contributed by atoms with van der Waals surface area (Å²) in [5.41, 5.74) is 0.151. The van der Waals surface area contributed by atoms with Crippen LogP contribution in [0.4, 0.5) is 18.9 Å². The van der Waals surface area contributed by atoms with Gasteiger partial charge in [0.2, 0.25) is 0 Å². The number of anilines is 1. The van der Waals surface area contributed by atoms with Gasteiger partial charge < -0.3 is 10.3 Å². The fourth-order valence-electron chi connectivity index (χ4n) is 2.92. The third kappa shape index (κ3) is 3.69. The third-order valence-electron chi connectivity index (χ3n) is 4.50.